The van der Waals surface area contributed by atoms with Gasteiger partial charge in [-0.15, -0.1) is 24.8 Å². The number of nitrogens with one attached hydrogen (secondary N) is 1. The summed E-state index contributed by atoms with van der Waals surface area (Å²) in [4.78, 5) is 14.5. The van der Waals surface area contributed by atoms with Crippen molar-refractivity contribution < 1.29 is 4.79 Å². The Balaban J connectivity index is 0.00000144. The van der Waals surface area contributed by atoms with Crippen LogP contribution in [0.25, 0.3) is 0 Å². The molecule has 0 saturated heterocycles. The van der Waals surface area contributed by atoms with Gasteiger partial charge in [-0.2, -0.15) is 0 Å². The maximum atomic E-state index is 12.1. The SMILES string of the molecule is CC1Cc2ccccc2N1CCNC(=O)c1cccc(N)c1.Cl.Cl. The highest BCUT2D eigenvalue weighted by Crippen LogP contribution is 2.31. The molecule has 2 aromatic carbocycles. The van der Waals surface area contributed by atoms with E-state index in [1.165, 1.54) is 11.3 Å². The molecule has 6 heteroatoms. The first-order valence-corrected chi connectivity index (χ1v) is 7.63. The zero-order valence-electron chi connectivity index (χ0n) is 13.6. The Hall–Kier alpha value is -1.91. The zero-order chi connectivity index (χ0) is 15.5. The molecule has 0 aliphatic carbocycles. The van der Waals surface area contributed by atoms with Crippen molar-refractivity contribution in [3.8, 4) is 0 Å². The third kappa shape index (κ3) is 4.34. The monoisotopic (exact) mass is 367 g/mol. The van der Waals surface area contributed by atoms with Crippen molar-refractivity contribution in [2.45, 2.75) is 19.4 Å². The van der Waals surface area contributed by atoms with Crippen molar-refractivity contribution in [3.63, 3.8) is 0 Å². The smallest absolute Gasteiger partial charge is 0.251 e. The van der Waals surface area contributed by atoms with Crippen molar-refractivity contribution in [1.82, 2.24) is 5.32 Å². The van der Waals surface area contributed by atoms with Gasteiger partial charge in [0.25, 0.3) is 5.91 Å². The summed E-state index contributed by atoms with van der Waals surface area (Å²) in [5.41, 5.74) is 9.59. The van der Waals surface area contributed by atoms with Gasteiger partial charge in [-0.25, -0.2) is 0 Å². The Morgan fingerprint density at radius 1 is 1.21 bits per heavy atom. The first kappa shape index (κ1) is 20.1. The molecule has 0 bridgehead atoms. The lowest BCUT2D eigenvalue weighted by molar-refractivity contribution is 0.0954. The average Bonchev–Trinajstić information content (AvgIpc) is 2.83. The van der Waals surface area contributed by atoms with Crippen LogP contribution in [0.4, 0.5) is 11.4 Å². The van der Waals surface area contributed by atoms with E-state index in [0.29, 0.717) is 23.8 Å². The second kappa shape index (κ2) is 8.81. The molecule has 0 aromatic heterocycles. The number of halogens is 2. The molecule has 3 N–H and O–H groups in total. The quantitative estimate of drug-likeness (QED) is 0.815. The van der Waals surface area contributed by atoms with Crippen LogP contribution in [-0.4, -0.2) is 25.0 Å². The number of carbonyl (C=O) groups is 1. The van der Waals surface area contributed by atoms with E-state index in [9.17, 15) is 4.79 Å². The van der Waals surface area contributed by atoms with Gasteiger partial charge in [-0.1, -0.05) is 24.3 Å². The molecular weight excluding hydrogens is 345 g/mol. The fourth-order valence-corrected chi connectivity index (χ4v) is 3.04. The van der Waals surface area contributed by atoms with Crippen molar-refractivity contribution in [1.29, 1.82) is 0 Å². The first-order chi connectivity index (χ1) is 10.6. The summed E-state index contributed by atoms with van der Waals surface area (Å²) in [6.07, 6.45) is 1.07. The third-order valence-electron chi connectivity index (χ3n) is 4.14. The Labute approximate surface area is 155 Å². The van der Waals surface area contributed by atoms with Crippen molar-refractivity contribution in [2.75, 3.05) is 23.7 Å². The van der Waals surface area contributed by atoms with Gasteiger partial charge >= 0.3 is 0 Å². The van der Waals surface area contributed by atoms with E-state index in [1.807, 2.05) is 0 Å². The molecule has 0 fully saturated rings. The second-order valence-corrected chi connectivity index (χ2v) is 5.76. The van der Waals surface area contributed by atoms with Crippen LogP contribution in [0.3, 0.4) is 0 Å². The molecule has 2 aromatic rings. The maximum absolute atomic E-state index is 12.1. The fourth-order valence-electron chi connectivity index (χ4n) is 3.04. The predicted octanol–water partition coefficient (Wildman–Crippen LogP) is 3.29. The number of nitrogen functional groups attached to an aromatic ring is 1. The standard InChI is InChI=1S/C18H21N3O.2ClH/c1-13-11-14-5-2-3-8-17(14)21(13)10-9-20-18(22)15-6-4-7-16(19)12-15;;/h2-8,12-13H,9-11,19H2,1H3,(H,20,22);2*1H. The molecule has 1 unspecified atom stereocenters. The summed E-state index contributed by atoms with van der Waals surface area (Å²) >= 11 is 0. The van der Waals surface area contributed by atoms with Crippen LogP contribution in [0, 0.1) is 0 Å². The van der Waals surface area contributed by atoms with E-state index in [1.54, 1.807) is 24.3 Å². The van der Waals surface area contributed by atoms with E-state index in [0.717, 1.165) is 13.0 Å². The van der Waals surface area contributed by atoms with Gasteiger partial charge in [0.2, 0.25) is 0 Å². The molecule has 1 atom stereocenters. The lowest BCUT2D eigenvalue weighted by atomic mass is 10.1. The molecule has 24 heavy (non-hydrogen) atoms. The molecule has 1 amide bonds. The molecule has 130 valence electrons. The first-order valence-electron chi connectivity index (χ1n) is 7.63. The number of hydrogen-bond donors (Lipinski definition) is 2. The van der Waals surface area contributed by atoms with Gasteiger partial charge < -0.3 is 16.0 Å². The van der Waals surface area contributed by atoms with Crippen molar-refractivity contribution >= 4 is 42.1 Å². The van der Waals surface area contributed by atoms with Crippen molar-refractivity contribution in [2.24, 2.45) is 0 Å². The largest absolute Gasteiger partial charge is 0.399 e. The van der Waals surface area contributed by atoms with Gasteiger partial charge in [-0.3, -0.25) is 4.79 Å². The Bertz CT molecular complexity index is 693. The summed E-state index contributed by atoms with van der Waals surface area (Å²) in [5.74, 6) is -0.0764. The molecule has 0 saturated carbocycles. The molecule has 1 aliphatic rings. The number of carbonyl (C=O) groups excluding carboxylic acids is 1. The summed E-state index contributed by atoms with van der Waals surface area (Å²) < 4.78 is 0. The van der Waals surface area contributed by atoms with Crippen LogP contribution in [0.2, 0.25) is 0 Å². The summed E-state index contributed by atoms with van der Waals surface area (Å²) in [7, 11) is 0. The van der Waals surface area contributed by atoms with Gasteiger partial charge in [-0.05, 0) is 43.2 Å². The Morgan fingerprint density at radius 2 is 1.96 bits per heavy atom. The average molecular weight is 368 g/mol. The molecule has 1 heterocycles. The number of anilines is 2. The number of rotatable bonds is 4. The molecule has 1 aliphatic heterocycles. The number of amides is 1. The number of benzene rings is 2. The minimum Gasteiger partial charge on any atom is -0.399 e. The maximum Gasteiger partial charge on any atom is 0.251 e. The van der Waals surface area contributed by atoms with E-state index >= 15 is 0 Å². The Morgan fingerprint density at radius 3 is 2.71 bits per heavy atom. The van der Waals surface area contributed by atoms with Gasteiger partial charge in [0.1, 0.15) is 0 Å². The van der Waals surface area contributed by atoms with Gasteiger partial charge in [0, 0.05) is 36.1 Å². The van der Waals surface area contributed by atoms with Crippen LogP contribution in [0.1, 0.15) is 22.8 Å². The summed E-state index contributed by atoms with van der Waals surface area (Å²) in [6.45, 7) is 3.65. The highest BCUT2D eigenvalue weighted by atomic mass is 35.5. The lowest BCUT2D eigenvalue weighted by Crippen LogP contribution is -2.37. The predicted molar refractivity (Wildman–Crippen MR) is 105 cm³/mol. The van der Waals surface area contributed by atoms with E-state index in [-0.39, 0.29) is 30.7 Å². The fraction of sp³-hybridized carbons (Fsp3) is 0.278. The molecule has 0 radical (unpaired) electrons. The van der Waals surface area contributed by atoms with Crippen LogP contribution < -0.4 is 16.0 Å². The second-order valence-electron chi connectivity index (χ2n) is 5.76. The normalized spacial score (nSPS) is 15.0. The van der Waals surface area contributed by atoms with E-state index < -0.39 is 0 Å². The highest BCUT2D eigenvalue weighted by Gasteiger charge is 2.24. The molecule has 0 spiro atoms. The number of nitrogens with two attached hydrogens (primary N) is 1. The minimum atomic E-state index is -0.0764. The Kier molecular flexibility index (Phi) is 7.39. The van der Waals surface area contributed by atoms with E-state index in [4.69, 9.17) is 5.73 Å². The third-order valence-corrected chi connectivity index (χ3v) is 4.14. The van der Waals surface area contributed by atoms with Gasteiger partial charge in [0.05, 0.1) is 0 Å². The highest BCUT2D eigenvalue weighted by molar-refractivity contribution is 5.95. The molecular formula is C18H23Cl2N3O. The number of fused-ring (bicyclic) bond motifs is 1. The molecule has 3 rings (SSSR count). The minimum absolute atomic E-state index is 0. The van der Waals surface area contributed by atoms with Crippen LogP contribution in [0.5, 0.6) is 0 Å². The number of nitrogens with zero attached hydrogens (tertiary/aromatic N) is 1. The topological polar surface area (TPSA) is 58.4 Å². The number of para-hydroxylation sites is 1. The lowest BCUT2D eigenvalue weighted by Gasteiger charge is -2.25. The van der Waals surface area contributed by atoms with Crippen LogP contribution >= 0.6 is 24.8 Å². The summed E-state index contributed by atoms with van der Waals surface area (Å²) in [6, 6.07) is 16.0. The van der Waals surface area contributed by atoms with E-state index in [2.05, 4.69) is 41.4 Å². The van der Waals surface area contributed by atoms with Gasteiger partial charge in [0.15, 0.2) is 0 Å². The molecule has 4 nitrogen and oxygen atoms in total. The van der Waals surface area contributed by atoms with Crippen molar-refractivity contribution in [3.05, 3.63) is 59.7 Å². The number of hydrogen-bond acceptors (Lipinski definition) is 3. The van der Waals surface area contributed by atoms with Crippen LogP contribution in [0.15, 0.2) is 48.5 Å². The summed E-state index contributed by atoms with van der Waals surface area (Å²) in [5, 5.41) is 2.97. The van der Waals surface area contributed by atoms with Crippen LogP contribution in [-0.2, 0) is 6.42 Å². The zero-order valence-corrected chi connectivity index (χ0v) is 15.2.